The van der Waals surface area contributed by atoms with Gasteiger partial charge in [-0.05, 0) is 24.3 Å². The van der Waals surface area contributed by atoms with E-state index in [9.17, 15) is 32.9 Å². The zero-order valence-electron chi connectivity index (χ0n) is 13.6. The molecule has 0 bridgehead atoms. The van der Waals surface area contributed by atoms with Crippen molar-refractivity contribution in [3.8, 4) is 0 Å². The van der Waals surface area contributed by atoms with Crippen LogP contribution in [0.2, 0.25) is 0 Å². The highest BCUT2D eigenvalue weighted by Gasteiger charge is 2.36. The first-order valence-corrected chi connectivity index (χ1v) is 7.76. The molecule has 140 valence electrons. The van der Waals surface area contributed by atoms with Gasteiger partial charge in [-0.3, -0.25) is 19.7 Å². The lowest BCUT2D eigenvalue weighted by atomic mass is 10.1. The standard InChI is InChI=1S/C17H12F3N3O4/c18-10-1-4-14(13(20)6-10)21-17(25)9-5-16(24)22(8-9)11-2-3-12(19)15(7-11)23(26)27/h1-4,6-7,9H,5,8H2,(H,21,25). The van der Waals surface area contributed by atoms with Crippen molar-refractivity contribution in [1.82, 2.24) is 0 Å². The van der Waals surface area contributed by atoms with E-state index >= 15 is 0 Å². The van der Waals surface area contributed by atoms with Gasteiger partial charge in [-0.2, -0.15) is 4.39 Å². The van der Waals surface area contributed by atoms with E-state index in [1.165, 1.54) is 6.07 Å². The fraction of sp³-hybridized carbons (Fsp3) is 0.176. The van der Waals surface area contributed by atoms with Gasteiger partial charge in [-0.15, -0.1) is 0 Å². The Labute approximate surface area is 150 Å². The van der Waals surface area contributed by atoms with Gasteiger partial charge in [0.2, 0.25) is 17.6 Å². The molecule has 1 fully saturated rings. The van der Waals surface area contributed by atoms with Crippen LogP contribution in [0.4, 0.5) is 30.2 Å². The quantitative estimate of drug-likeness (QED) is 0.653. The second-order valence-corrected chi connectivity index (χ2v) is 5.91. The number of rotatable bonds is 4. The molecule has 1 saturated heterocycles. The number of nitro groups is 1. The molecule has 2 aromatic carbocycles. The van der Waals surface area contributed by atoms with Crippen LogP contribution in [-0.2, 0) is 9.59 Å². The minimum atomic E-state index is -1.04. The maximum absolute atomic E-state index is 13.6. The molecule has 0 aromatic heterocycles. The molecule has 2 aromatic rings. The molecule has 1 heterocycles. The van der Waals surface area contributed by atoms with Gasteiger partial charge in [0, 0.05) is 25.1 Å². The second kappa shape index (κ2) is 7.06. The SMILES string of the molecule is O=C(Nc1ccc(F)cc1F)C1CC(=O)N(c2ccc(F)c([N+](=O)[O-])c2)C1. The summed E-state index contributed by atoms with van der Waals surface area (Å²) >= 11 is 0. The van der Waals surface area contributed by atoms with Crippen molar-refractivity contribution in [2.75, 3.05) is 16.8 Å². The predicted octanol–water partition coefficient (Wildman–Crippen LogP) is 3.00. The van der Waals surface area contributed by atoms with Gasteiger partial charge in [-0.25, -0.2) is 8.78 Å². The molecular weight excluding hydrogens is 367 g/mol. The van der Waals surface area contributed by atoms with Crippen LogP contribution in [-0.4, -0.2) is 23.3 Å². The molecule has 1 aliphatic rings. The van der Waals surface area contributed by atoms with Gasteiger partial charge in [-0.1, -0.05) is 0 Å². The Bertz CT molecular complexity index is 951. The number of benzene rings is 2. The summed E-state index contributed by atoms with van der Waals surface area (Å²) in [4.78, 5) is 35.5. The Morgan fingerprint density at radius 2 is 1.89 bits per heavy atom. The van der Waals surface area contributed by atoms with Crippen molar-refractivity contribution in [3.05, 3.63) is 64.0 Å². The highest BCUT2D eigenvalue weighted by Crippen LogP contribution is 2.30. The molecule has 1 unspecified atom stereocenters. The van der Waals surface area contributed by atoms with E-state index in [0.717, 1.165) is 29.2 Å². The minimum absolute atomic E-state index is 0.0800. The highest BCUT2D eigenvalue weighted by molar-refractivity contribution is 6.03. The molecule has 0 aliphatic carbocycles. The third kappa shape index (κ3) is 3.73. The van der Waals surface area contributed by atoms with Crippen LogP contribution < -0.4 is 10.2 Å². The van der Waals surface area contributed by atoms with E-state index in [-0.39, 0.29) is 24.3 Å². The van der Waals surface area contributed by atoms with Crippen LogP contribution in [0.25, 0.3) is 0 Å². The summed E-state index contributed by atoms with van der Waals surface area (Å²) in [5.74, 6) is -4.81. The molecule has 7 nitrogen and oxygen atoms in total. The zero-order valence-corrected chi connectivity index (χ0v) is 13.6. The number of amides is 2. The number of nitro benzene ring substituents is 1. The lowest BCUT2D eigenvalue weighted by Gasteiger charge is -2.16. The maximum Gasteiger partial charge on any atom is 0.306 e. The molecule has 2 amide bonds. The van der Waals surface area contributed by atoms with E-state index in [1.807, 2.05) is 0 Å². The summed E-state index contributed by atoms with van der Waals surface area (Å²) in [5.41, 5.74) is -0.942. The zero-order chi connectivity index (χ0) is 19.7. The number of nitrogens with zero attached hydrogens (tertiary/aromatic N) is 2. The third-order valence-corrected chi connectivity index (χ3v) is 4.12. The number of hydrogen-bond acceptors (Lipinski definition) is 4. The molecule has 27 heavy (non-hydrogen) atoms. The Balaban J connectivity index is 1.76. The van der Waals surface area contributed by atoms with Gasteiger partial charge in [0.15, 0.2) is 0 Å². The summed E-state index contributed by atoms with van der Waals surface area (Å²) in [6.07, 6.45) is -0.209. The Hall–Kier alpha value is -3.43. The van der Waals surface area contributed by atoms with Crippen LogP contribution in [0.5, 0.6) is 0 Å². The Kier molecular flexibility index (Phi) is 4.80. The predicted molar refractivity (Wildman–Crippen MR) is 88.5 cm³/mol. The third-order valence-electron chi connectivity index (χ3n) is 4.12. The molecule has 1 atom stereocenters. The number of halogens is 3. The Morgan fingerprint density at radius 1 is 1.15 bits per heavy atom. The summed E-state index contributed by atoms with van der Waals surface area (Å²) in [6, 6.07) is 5.61. The minimum Gasteiger partial charge on any atom is -0.323 e. The van der Waals surface area contributed by atoms with Gasteiger partial charge >= 0.3 is 5.69 Å². The number of anilines is 2. The summed E-state index contributed by atoms with van der Waals surface area (Å²) in [5, 5.41) is 13.1. The fourth-order valence-electron chi connectivity index (χ4n) is 2.77. The molecule has 1 N–H and O–H groups in total. The summed E-state index contributed by atoms with van der Waals surface area (Å²) in [7, 11) is 0. The molecule has 0 radical (unpaired) electrons. The van der Waals surface area contributed by atoms with Crippen LogP contribution in [0.3, 0.4) is 0 Å². The topological polar surface area (TPSA) is 92.6 Å². The monoisotopic (exact) mass is 379 g/mol. The number of carbonyl (C=O) groups excluding carboxylic acids is 2. The second-order valence-electron chi connectivity index (χ2n) is 5.91. The van der Waals surface area contributed by atoms with E-state index in [4.69, 9.17) is 0 Å². The van der Waals surface area contributed by atoms with Crippen molar-refractivity contribution in [1.29, 1.82) is 0 Å². The van der Waals surface area contributed by atoms with Crippen molar-refractivity contribution in [2.45, 2.75) is 6.42 Å². The number of carbonyl (C=O) groups is 2. The summed E-state index contributed by atoms with van der Waals surface area (Å²) < 4.78 is 40.0. The first-order valence-electron chi connectivity index (χ1n) is 7.76. The van der Waals surface area contributed by atoms with Crippen molar-refractivity contribution in [2.24, 2.45) is 5.92 Å². The Morgan fingerprint density at radius 3 is 2.56 bits per heavy atom. The van der Waals surface area contributed by atoms with E-state index in [0.29, 0.717) is 6.07 Å². The normalized spacial score (nSPS) is 16.5. The van der Waals surface area contributed by atoms with Gasteiger partial charge < -0.3 is 10.2 Å². The first kappa shape index (κ1) is 18.4. The average molecular weight is 379 g/mol. The van der Waals surface area contributed by atoms with Crippen LogP contribution in [0.15, 0.2) is 36.4 Å². The van der Waals surface area contributed by atoms with Crippen LogP contribution in [0, 0.1) is 33.5 Å². The van der Waals surface area contributed by atoms with E-state index < -0.39 is 45.8 Å². The van der Waals surface area contributed by atoms with Gasteiger partial charge in [0.05, 0.1) is 22.2 Å². The maximum atomic E-state index is 13.6. The summed E-state index contributed by atoms with van der Waals surface area (Å²) in [6.45, 7) is -0.115. The molecule has 3 rings (SSSR count). The molecular formula is C17H12F3N3O4. The van der Waals surface area contributed by atoms with Crippen LogP contribution >= 0.6 is 0 Å². The first-order chi connectivity index (χ1) is 12.8. The van der Waals surface area contributed by atoms with E-state index in [1.54, 1.807) is 0 Å². The van der Waals surface area contributed by atoms with E-state index in [2.05, 4.69) is 5.32 Å². The highest BCUT2D eigenvalue weighted by atomic mass is 19.1. The van der Waals surface area contributed by atoms with Crippen molar-refractivity contribution < 1.29 is 27.7 Å². The lowest BCUT2D eigenvalue weighted by molar-refractivity contribution is -0.387. The molecule has 0 saturated carbocycles. The lowest BCUT2D eigenvalue weighted by Crippen LogP contribution is -2.28. The van der Waals surface area contributed by atoms with Gasteiger partial charge in [0.25, 0.3) is 0 Å². The fourth-order valence-corrected chi connectivity index (χ4v) is 2.77. The smallest absolute Gasteiger partial charge is 0.306 e. The number of hydrogen-bond donors (Lipinski definition) is 1. The van der Waals surface area contributed by atoms with Crippen LogP contribution in [0.1, 0.15) is 6.42 Å². The largest absolute Gasteiger partial charge is 0.323 e. The van der Waals surface area contributed by atoms with Crippen molar-refractivity contribution >= 4 is 28.9 Å². The molecule has 1 aliphatic heterocycles. The van der Waals surface area contributed by atoms with Crippen molar-refractivity contribution in [3.63, 3.8) is 0 Å². The molecule has 0 spiro atoms. The number of nitrogens with one attached hydrogen (secondary N) is 1. The molecule has 10 heteroatoms. The van der Waals surface area contributed by atoms with Gasteiger partial charge in [0.1, 0.15) is 11.6 Å². The average Bonchev–Trinajstić information content (AvgIpc) is 2.99.